The fourth-order valence-corrected chi connectivity index (χ4v) is 1.93. The van der Waals surface area contributed by atoms with Crippen LogP contribution in [-0.4, -0.2) is 19.2 Å². The van der Waals surface area contributed by atoms with Gasteiger partial charge in [0, 0.05) is 5.56 Å². The van der Waals surface area contributed by atoms with Gasteiger partial charge in [-0.15, -0.1) is 0 Å². The van der Waals surface area contributed by atoms with Gasteiger partial charge < -0.3 is 9.47 Å². The van der Waals surface area contributed by atoms with Gasteiger partial charge in [0.25, 0.3) is 0 Å². The van der Waals surface area contributed by atoms with Crippen LogP contribution >= 0.6 is 0 Å². The first-order valence-electron chi connectivity index (χ1n) is 6.62. The molecule has 0 amide bonds. The van der Waals surface area contributed by atoms with E-state index in [1.54, 1.807) is 49.6 Å². The second-order valence-corrected chi connectivity index (χ2v) is 4.62. The zero-order valence-electron chi connectivity index (χ0n) is 12.3. The fraction of sp³-hybridized carbons (Fsp3) is 0.176. The number of methoxy groups -OCH3 is 1. The molecule has 0 heterocycles. The van der Waals surface area contributed by atoms with Gasteiger partial charge in [-0.2, -0.15) is 4.99 Å². The Hall–Kier alpha value is -2.91. The molecule has 0 fully saturated rings. The number of rotatable bonds is 5. The molecule has 0 aliphatic heterocycles. The molecule has 0 saturated carbocycles. The lowest BCUT2D eigenvalue weighted by Gasteiger charge is -2.13. The molecule has 1 atom stereocenters. The summed E-state index contributed by atoms with van der Waals surface area (Å²) in [7, 11) is 1.55. The minimum absolute atomic E-state index is 0.402. The highest BCUT2D eigenvalue weighted by Crippen LogP contribution is 2.23. The summed E-state index contributed by atoms with van der Waals surface area (Å²) >= 11 is 0. The van der Waals surface area contributed by atoms with E-state index in [2.05, 4.69) is 4.99 Å². The molecule has 1 unspecified atom stereocenters. The number of carbonyl (C=O) groups excluding carboxylic acids is 2. The first kappa shape index (κ1) is 15.5. The minimum atomic E-state index is -1.03. The number of aryl methyl sites for hydroxylation is 1. The monoisotopic (exact) mass is 297 g/mol. The van der Waals surface area contributed by atoms with Gasteiger partial charge in [0.05, 0.1) is 12.7 Å². The number of nitrogens with zero attached hydrogens (tertiary/aromatic N) is 1. The Bertz CT molecular complexity index is 703. The molecule has 2 rings (SSSR count). The first-order valence-corrected chi connectivity index (χ1v) is 6.62. The van der Waals surface area contributed by atoms with Gasteiger partial charge in [0.2, 0.25) is 12.3 Å². The summed E-state index contributed by atoms with van der Waals surface area (Å²) in [6, 6.07) is 13.7. The predicted molar refractivity (Wildman–Crippen MR) is 80.5 cm³/mol. The van der Waals surface area contributed by atoms with E-state index in [-0.39, 0.29) is 0 Å². The minimum Gasteiger partial charge on any atom is -0.497 e. The number of esters is 1. The highest BCUT2D eigenvalue weighted by molar-refractivity contribution is 5.89. The van der Waals surface area contributed by atoms with Gasteiger partial charge >= 0.3 is 5.97 Å². The molecule has 0 spiro atoms. The number of carbonyl (C=O) groups is 1. The van der Waals surface area contributed by atoms with Crippen LogP contribution in [0.15, 0.2) is 53.5 Å². The quantitative estimate of drug-likeness (QED) is 0.483. The second-order valence-electron chi connectivity index (χ2n) is 4.62. The normalized spacial score (nSPS) is 11.2. The molecule has 22 heavy (non-hydrogen) atoms. The van der Waals surface area contributed by atoms with Crippen molar-refractivity contribution in [3.05, 3.63) is 65.2 Å². The van der Waals surface area contributed by atoms with Gasteiger partial charge in [-0.1, -0.05) is 17.7 Å². The third-order valence-electron chi connectivity index (χ3n) is 3.04. The summed E-state index contributed by atoms with van der Waals surface area (Å²) in [5, 5.41) is 0. The number of hydrogen-bond donors (Lipinski definition) is 0. The Morgan fingerprint density at radius 3 is 2.50 bits per heavy atom. The standard InChI is InChI=1S/C17H15NO4/c1-12-4-3-5-14(10-12)17(20)22-16(18-11-19)13-6-8-15(21-2)9-7-13/h3-10,16H,1-2H3. The molecule has 5 nitrogen and oxygen atoms in total. The van der Waals surface area contributed by atoms with Crippen molar-refractivity contribution >= 4 is 12.0 Å². The number of hydrogen-bond acceptors (Lipinski definition) is 5. The van der Waals surface area contributed by atoms with Crippen molar-refractivity contribution < 1.29 is 19.1 Å². The molecular weight excluding hydrogens is 282 g/mol. The summed E-state index contributed by atoms with van der Waals surface area (Å²) in [6.07, 6.45) is 0.399. The highest BCUT2D eigenvalue weighted by atomic mass is 16.6. The summed E-state index contributed by atoms with van der Waals surface area (Å²) in [6.45, 7) is 1.88. The maximum absolute atomic E-state index is 12.1. The largest absolute Gasteiger partial charge is 0.497 e. The van der Waals surface area contributed by atoms with E-state index in [0.717, 1.165) is 5.56 Å². The zero-order chi connectivity index (χ0) is 15.9. The van der Waals surface area contributed by atoms with Crippen LogP contribution in [0.3, 0.4) is 0 Å². The van der Waals surface area contributed by atoms with Crippen molar-refractivity contribution in [1.29, 1.82) is 0 Å². The third kappa shape index (κ3) is 3.81. The van der Waals surface area contributed by atoms with Crippen LogP contribution in [0.2, 0.25) is 0 Å². The summed E-state index contributed by atoms with van der Waals surface area (Å²) < 4.78 is 10.3. The maximum atomic E-state index is 12.1. The third-order valence-corrected chi connectivity index (χ3v) is 3.04. The van der Waals surface area contributed by atoms with Crippen LogP contribution in [0, 0.1) is 6.92 Å². The van der Waals surface area contributed by atoms with E-state index in [9.17, 15) is 9.59 Å². The number of isocyanates is 1. The highest BCUT2D eigenvalue weighted by Gasteiger charge is 2.17. The molecule has 0 aliphatic rings. The maximum Gasteiger partial charge on any atom is 0.340 e. The molecular formula is C17H15NO4. The lowest BCUT2D eigenvalue weighted by Crippen LogP contribution is -2.10. The van der Waals surface area contributed by atoms with Crippen LogP contribution in [0.25, 0.3) is 0 Å². The van der Waals surface area contributed by atoms with Crippen LogP contribution in [-0.2, 0) is 9.53 Å². The SMILES string of the molecule is COc1ccc(C(N=C=O)OC(=O)c2cccc(C)c2)cc1. The van der Waals surface area contributed by atoms with E-state index < -0.39 is 12.2 Å². The Balaban J connectivity index is 2.21. The Morgan fingerprint density at radius 2 is 1.91 bits per heavy atom. The van der Waals surface area contributed by atoms with E-state index in [4.69, 9.17) is 9.47 Å². The van der Waals surface area contributed by atoms with Gasteiger partial charge in [0.1, 0.15) is 5.75 Å². The fourth-order valence-electron chi connectivity index (χ4n) is 1.93. The van der Waals surface area contributed by atoms with Crippen molar-refractivity contribution in [2.24, 2.45) is 4.99 Å². The molecule has 0 saturated heterocycles. The average molecular weight is 297 g/mol. The van der Waals surface area contributed by atoms with Crippen LogP contribution in [0.1, 0.15) is 27.7 Å². The molecule has 0 radical (unpaired) electrons. The average Bonchev–Trinajstić information content (AvgIpc) is 2.54. The Labute approximate surface area is 128 Å². The zero-order valence-corrected chi connectivity index (χ0v) is 12.3. The predicted octanol–water partition coefficient (Wildman–Crippen LogP) is 3.20. The Kier molecular flexibility index (Phi) is 5.07. The number of benzene rings is 2. The molecule has 0 bridgehead atoms. The van der Waals surface area contributed by atoms with Crippen molar-refractivity contribution in [3.63, 3.8) is 0 Å². The van der Waals surface area contributed by atoms with E-state index in [0.29, 0.717) is 16.9 Å². The molecule has 112 valence electrons. The van der Waals surface area contributed by atoms with Crippen LogP contribution < -0.4 is 4.74 Å². The number of aliphatic imine (C=N–C) groups is 1. The van der Waals surface area contributed by atoms with Crippen molar-refractivity contribution in [2.45, 2.75) is 13.2 Å². The molecule has 2 aromatic carbocycles. The van der Waals surface area contributed by atoms with Crippen molar-refractivity contribution in [3.8, 4) is 5.75 Å². The van der Waals surface area contributed by atoms with Gasteiger partial charge in [-0.3, -0.25) is 0 Å². The van der Waals surface area contributed by atoms with E-state index >= 15 is 0 Å². The molecule has 0 aromatic heterocycles. The summed E-state index contributed by atoms with van der Waals surface area (Å²) in [5.74, 6) is 0.103. The van der Waals surface area contributed by atoms with Crippen molar-refractivity contribution in [1.82, 2.24) is 0 Å². The van der Waals surface area contributed by atoms with Gasteiger partial charge in [-0.05, 0) is 43.3 Å². The van der Waals surface area contributed by atoms with Crippen LogP contribution in [0.4, 0.5) is 0 Å². The molecule has 5 heteroatoms. The smallest absolute Gasteiger partial charge is 0.340 e. The number of ether oxygens (including phenoxy) is 2. The lowest BCUT2D eigenvalue weighted by molar-refractivity contribution is 0.0317. The second kappa shape index (κ2) is 7.20. The Morgan fingerprint density at radius 1 is 1.18 bits per heavy atom. The lowest BCUT2D eigenvalue weighted by atomic mass is 10.1. The van der Waals surface area contributed by atoms with E-state index in [1.807, 2.05) is 13.0 Å². The molecule has 0 aliphatic carbocycles. The topological polar surface area (TPSA) is 65.0 Å². The first-order chi connectivity index (χ1) is 10.6. The molecule has 2 aromatic rings. The van der Waals surface area contributed by atoms with Crippen molar-refractivity contribution in [2.75, 3.05) is 7.11 Å². The van der Waals surface area contributed by atoms with Gasteiger partial charge in [0.15, 0.2) is 0 Å². The molecule has 0 N–H and O–H groups in total. The summed E-state index contributed by atoms with van der Waals surface area (Å²) in [4.78, 5) is 26.3. The van der Waals surface area contributed by atoms with E-state index in [1.165, 1.54) is 6.08 Å². The van der Waals surface area contributed by atoms with Crippen LogP contribution in [0.5, 0.6) is 5.75 Å². The summed E-state index contributed by atoms with van der Waals surface area (Å²) in [5.41, 5.74) is 1.90. The van der Waals surface area contributed by atoms with Gasteiger partial charge in [-0.25, -0.2) is 9.59 Å².